The first-order valence-corrected chi connectivity index (χ1v) is 8.46. The molecule has 1 rings (SSSR count). The van der Waals surface area contributed by atoms with Gasteiger partial charge in [0.15, 0.2) is 5.96 Å². The Bertz CT molecular complexity index is 407. The van der Waals surface area contributed by atoms with Crippen LogP contribution in [0.25, 0.3) is 0 Å². The van der Waals surface area contributed by atoms with E-state index in [1.807, 2.05) is 20.9 Å². The van der Waals surface area contributed by atoms with Crippen molar-refractivity contribution in [3.8, 4) is 0 Å². The first-order valence-electron chi connectivity index (χ1n) is 8.46. The van der Waals surface area contributed by atoms with Gasteiger partial charge in [-0.25, -0.2) is 0 Å². The lowest BCUT2D eigenvalue weighted by molar-refractivity contribution is -0.128. The van der Waals surface area contributed by atoms with Crippen molar-refractivity contribution in [3.63, 3.8) is 0 Å². The number of piperidine rings is 1. The number of hydrogen-bond donors (Lipinski definition) is 2. The molecule has 2 N–H and O–H groups in total. The van der Waals surface area contributed by atoms with Gasteiger partial charge < -0.3 is 15.5 Å². The number of nitrogens with one attached hydrogen (secondary N) is 2. The quantitative estimate of drug-likeness (QED) is 0.394. The zero-order valence-corrected chi connectivity index (χ0v) is 18.0. The topological polar surface area (TPSA) is 56.7 Å². The Hall–Kier alpha value is -0.530. The largest absolute Gasteiger partial charge is 0.359 e. The van der Waals surface area contributed by atoms with Gasteiger partial charge in [0.05, 0.1) is 5.41 Å². The summed E-state index contributed by atoms with van der Waals surface area (Å²) in [6.07, 6.45) is 4.97. The second-order valence-corrected chi connectivity index (χ2v) is 7.45. The van der Waals surface area contributed by atoms with Gasteiger partial charge in [-0.2, -0.15) is 0 Å². The number of aliphatic imine (C=N–C) groups is 1. The highest BCUT2D eigenvalue weighted by molar-refractivity contribution is 14.0. The van der Waals surface area contributed by atoms with Crippen LogP contribution in [0.4, 0.5) is 0 Å². The van der Waals surface area contributed by atoms with Gasteiger partial charge >= 0.3 is 0 Å². The summed E-state index contributed by atoms with van der Waals surface area (Å²) < 4.78 is 0. The zero-order chi connectivity index (χ0) is 16.8. The smallest absolute Gasteiger partial charge is 0.227 e. The second kappa shape index (κ2) is 9.69. The van der Waals surface area contributed by atoms with Crippen LogP contribution in [-0.2, 0) is 4.79 Å². The summed E-state index contributed by atoms with van der Waals surface area (Å²) in [6, 6.07) is 0. The van der Waals surface area contributed by atoms with Gasteiger partial charge in [0.1, 0.15) is 0 Å². The number of carbonyl (C=O) groups excluding carboxylic acids is 1. The van der Waals surface area contributed by atoms with E-state index >= 15 is 0 Å². The minimum atomic E-state index is -0.451. The molecule has 0 saturated carbocycles. The van der Waals surface area contributed by atoms with Crippen molar-refractivity contribution < 1.29 is 4.79 Å². The van der Waals surface area contributed by atoms with Crippen LogP contribution >= 0.6 is 24.0 Å². The van der Waals surface area contributed by atoms with Crippen LogP contribution in [0.3, 0.4) is 0 Å². The van der Waals surface area contributed by atoms with Crippen LogP contribution < -0.4 is 10.6 Å². The van der Waals surface area contributed by atoms with E-state index < -0.39 is 5.41 Å². The minimum Gasteiger partial charge on any atom is -0.359 e. The van der Waals surface area contributed by atoms with Crippen molar-refractivity contribution in [1.29, 1.82) is 0 Å². The minimum absolute atomic E-state index is 0. The lowest BCUT2D eigenvalue weighted by Gasteiger charge is -2.42. The Balaban J connectivity index is 0.00000484. The molecule has 1 heterocycles. The summed E-state index contributed by atoms with van der Waals surface area (Å²) in [7, 11) is 3.50. The number of nitrogens with zero attached hydrogens (tertiary/aromatic N) is 2. The fourth-order valence-electron chi connectivity index (χ4n) is 3.35. The Morgan fingerprint density at radius 2 is 2.04 bits per heavy atom. The maximum atomic E-state index is 11.9. The van der Waals surface area contributed by atoms with Crippen LogP contribution in [0, 0.1) is 10.8 Å². The highest BCUT2D eigenvalue weighted by Gasteiger charge is 2.32. The van der Waals surface area contributed by atoms with Gasteiger partial charge in [0.2, 0.25) is 5.91 Å². The molecule has 5 nitrogen and oxygen atoms in total. The summed E-state index contributed by atoms with van der Waals surface area (Å²) in [4.78, 5) is 18.7. The number of carbonyl (C=O) groups is 1. The number of rotatable bonds is 5. The summed E-state index contributed by atoms with van der Waals surface area (Å²) in [6.45, 7) is 11.2. The molecule has 6 heteroatoms. The zero-order valence-electron chi connectivity index (χ0n) is 15.7. The van der Waals surface area contributed by atoms with E-state index in [9.17, 15) is 4.79 Å². The third kappa shape index (κ3) is 6.47. The number of amides is 1. The van der Waals surface area contributed by atoms with E-state index in [4.69, 9.17) is 0 Å². The van der Waals surface area contributed by atoms with Gasteiger partial charge in [-0.05, 0) is 38.5 Å². The average Bonchev–Trinajstić information content (AvgIpc) is 2.47. The molecule has 1 unspecified atom stereocenters. The average molecular weight is 438 g/mol. The molecule has 1 aliphatic heterocycles. The van der Waals surface area contributed by atoms with E-state index in [1.165, 1.54) is 25.7 Å². The molecule has 1 aliphatic rings. The highest BCUT2D eigenvalue weighted by atomic mass is 127. The molecule has 0 aliphatic carbocycles. The predicted octanol–water partition coefficient (Wildman–Crippen LogP) is 2.85. The van der Waals surface area contributed by atoms with E-state index in [-0.39, 0.29) is 29.9 Å². The van der Waals surface area contributed by atoms with Crippen molar-refractivity contribution in [1.82, 2.24) is 15.5 Å². The third-order valence-electron chi connectivity index (χ3n) is 4.68. The van der Waals surface area contributed by atoms with Crippen molar-refractivity contribution >= 4 is 35.8 Å². The van der Waals surface area contributed by atoms with Crippen LogP contribution in [-0.4, -0.2) is 50.5 Å². The number of guanidine groups is 1. The first-order chi connectivity index (χ1) is 10.3. The molecular formula is C17H35IN4O. The molecule has 1 amide bonds. The Labute approximate surface area is 159 Å². The molecule has 136 valence electrons. The number of hydrogen-bond acceptors (Lipinski definition) is 2. The number of likely N-dealkylation sites (tertiary alicyclic amines) is 1. The van der Waals surface area contributed by atoms with Gasteiger partial charge in [0, 0.05) is 33.7 Å². The molecule has 0 aromatic rings. The van der Waals surface area contributed by atoms with Crippen molar-refractivity contribution in [2.24, 2.45) is 15.8 Å². The van der Waals surface area contributed by atoms with E-state index in [1.54, 1.807) is 7.05 Å². The van der Waals surface area contributed by atoms with E-state index in [0.29, 0.717) is 12.0 Å². The SMILES string of the molecule is CCCC1(C)CCCN(C(=NC)NCC(C)(C)C(=O)NC)C1.I. The molecule has 23 heavy (non-hydrogen) atoms. The fraction of sp³-hybridized carbons (Fsp3) is 0.882. The fourth-order valence-corrected chi connectivity index (χ4v) is 3.35. The number of halogens is 1. The van der Waals surface area contributed by atoms with Crippen LogP contribution in [0.5, 0.6) is 0 Å². The second-order valence-electron chi connectivity index (χ2n) is 7.45. The molecule has 0 radical (unpaired) electrons. The van der Waals surface area contributed by atoms with Crippen LogP contribution in [0.15, 0.2) is 4.99 Å². The van der Waals surface area contributed by atoms with Crippen molar-refractivity contribution in [2.45, 2.75) is 53.4 Å². The molecule has 1 fully saturated rings. The van der Waals surface area contributed by atoms with Crippen molar-refractivity contribution in [2.75, 3.05) is 33.7 Å². The summed E-state index contributed by atoms with van der Waals surface area (Å²) >= 11 is 0. The molecule has 0 bridgehead atoms. The summed E-state index contributed by atoms with van der Waals surface area (Å²) in [5.41, 5.74) is -0.0753. The third-order valence-corrected chi connectivity index (χ3v) is 4.68. The molecule has 1 atom stereocenters. The van der Waals surface area contributed by atoms with E-state index in [2.05, 4.69) is 34.4 Å². The summed E-state index contributed by atoms with van der Waals surface area (Å²) in [5, 5.41) is 6.11. The van der Waals surface area contributed by atoms with E-state index in [0.717, 1.165) is 19.0 Å². The highest BCUT2D eigenvalue weighted by Crippen LogP contribution is 2.33. The van der Waals surface area contributed by atoms with Crippen LogP contribution in [0.1, 0.15) is 53.4 Å². The lowest BCUT2D eigenvalue weighted by atomic mass is 9.78. The monoisotopic (exact) mass is 438 g/mol. The van der Waals surface area contributed by atoms with Gasteiger partial charge in [-0.1, -0.05) is 20.3 Å². The maximum absolute atomic E-state index is 11.9. The lowest BCUT2D eigenvalue weighted by Crippen LogP contribution is -2.52. The Morgan fingerprint density at radius 3 is 2.57 bits per heavy atom. The molecular weight excluding hydrogens is 403 g/mol. The van der Waals surface area contributed by atoms with Crippen LogP contribution in [0.2, 0.25) is 0 Å². The first kappa shape index (κ1) is 22.5. The molecule has 0 aromatic heterocycles. The normalized spacial score (nSPS) is 22.3. The standard InChI is InChI=1S/C17H34N4O.HI/c1-7-9-17(4)10-8-11-21(13-17)15(19-6)20-12-16(2,3)14(22)18-5;/h7-13H2,1-6H3,(H,18,22)(H,19,20);1H. The maximum Gasteiger partial charge on any atom is 0.227 e. The van der Waals surface area contributed by atoms with Gasteiger partial charge in [0.25, 0.3) is 0 Å². The van der Waals surface area contributed by atoms with Gasteiger partial charge in [-0.3, -0.25) is 9.79 Å². The summed E-state index contributed by atoms with van der Waals surface area (Å²) in [5.74, 6) is 0.962. The van der Waals surface area contributed by atoms with Gasteiger partial charge in [-0.15, -0.1) is 24.0 Å². The predicted molar refractivity (Wildman–Crippen MR) is 108 cm³/mol. The molecule has 0 aromatic carbocycles. The Morgan fingerprint density at radius 1 is 1.39 bits per heavy atom. The van der Waals surface area contributed by atoms with Crippen molar-refractivity contribution in [3.05, 3.63) is 0 Å². The Kier molecular flexibility index (Phi) is 9.47. The molecule has 1 saturated heterocycles. The molecule has 0 spiro atoms.